The Morgan fingerprint density at radius 2 is 2.24 bits per heavy atom. The molecular weight excluding hydrogens is 214 g/mol. The van der Waals surface area contributed by atoms with Crippen molar-refractivity contribution >= 4 is 5.91 Å². The molecule has 4 heteroatoms. The summed E-state index contributed by atoms with van der Waals surface area (Å²) in [7, 11) is 0. The van der Waals surface area contributed by atoms with E-state index in [1.807, 2.05) is 13.8 Å². The van der Waals surface area contributed by atoms with Crippen molar-refractivity contribution in [2.45, 2.75) is 52.1 Å². The summed E-state index contributed by atoms with van der Waals surface area (Å²) >= 11 is 0. The van der Waals surface area contributed by atoms with E-state index in [0.29, 0.717) is 12.6 Å². The van der Waals surface area contributed by atoms with Crippen LogP contribution >= 0.6 is 0 Å². The van der Waals surface area contributed by atoms with Crippen LogP contribution in [0.1, 0.15) is 40.0 Å². The van der Waals surface area contributed by atoms with Gasteiger partial charge in [-0.2, -0.15) is 0 Å². The van der Waals surface area contributed by atoms with Gasteiger partial charge in [-0.05, 0) is 46.2 Å². The number of likely N-dealkylation sites (N-methyl/N-ethyl adjacent to an activating group) is 1. The molecule has 1 aliphatic rings. The summed E-state index contributed by atoms with van der Waals surface area (Å²) in [4.78, 5) is 14.1. The predicted octanol–water partition coefficient (Wildman–Crippen LogP) is 0.975. The molecule has 0 saturated carbocycles. The van der Waals surface area contributed by atoms with Crippen molar-refractivity contribution in [3.8, 4) is 0 Å². The maximum atomic E-state index is 11.8. The number of piperidine rings is 1. The van der Waals surface area contributed by atoms with Gasteiger partial charge in [0.25, 0.3) is 0 Å². The molecule has 0 aliphatic carbocycles. The van der Waals surface area contributed by atoms with E-state index in [-0.39, 0.29) is 11.9 Å². The van der Waals surface area contributed by atoms with E-state index in [9.17, 15) is 4.79 Å². The number of hydrogen-bond acceptors (Lipinski definition) is 3. The zero-order valence-electron chi connectivity index (χ0n) is 11.5. The first-order valence-corrected chi connectivity index (χ1v) is 6.94. The minimum absolute atomic E-state index is 0.00109. The highest BCUT2D eigenvalue weighted by Gasteiger charge is 2.26. The summed E-state index contributed by atoms with van der Waals surface area (Å²) in [5.74, 6) is 0.156. The van der Waals surface area contributed by atoms with Crippen molar-refractivity contribution in [1.82, 2.24) is 15.5 Å². The van der Waals surface area contributed by atoms with Crippen LogP contribution in [-0.4, -0.2) is 49.1 Å². The fourth-order valence-corrected chi connectivity index (χ4v) is 2.36. The second-order valence-corrected chi connectivity index (χ2v) is 4.86. The first kappa shape index (κ1) is 14.5. The monoisotopic (exact) mass is 241 g/mol. The molecule has 1 amide bonds. The van der Waals surface area contributed by atoms with E-state index in [2.05, 4.69) is 22.5 Å². The van der Waals surface area contributed by atoms with Crippen LogP contribution in [0.4, 0.5) is 0 Å². The topological polar surface area (TPSA) is 44.4 Å². The van der Waals surface area contributed by atoms with E-state index in [1.165, 1.54) is 19.3 Å². The predicted molar refractivity (Wildman–Crippen MR) is 71.0 cm³/mol. The molecule has 1 saturated heterocycles. The van der Waals surface area contributed by atoms with Gasteiger partial charge in [0.15, 0.2) is 0 Å². The minimum atomic E-state index is 0.00109. The van der Waals surface area contributed by atoms with Gasteiger partial charge in [-0.25, -0.2) is 0 Å². The van der Waals surface area contributed by atoms with E-state index in [1.54, 1.807) is 0 Å². The number of rotatable bonds is 6. The first-order valence-electron chi connectivity index (χ1n) is 6.94. The summed E-state index contributed by atoms with van der Waals surface area (Å²) in [5.41, 5.74) is 0. The zero-order valence-corrected chi connectivity index (χ0v) is 11.5. The van der Waals surface area contributed by atoms with Crippen LogP contribution in [-0.2, 0) is 4.79 Å². The van der Waals surface area contributed by atoms with Crippen molar-refractivity contribution in [3.05, 3.63) is 0 Å². The van der Waals surface area contributed by atoms with Crippen LogP contribution in [0, 0.1) is 0 Å². The van der Waals surface area contributed by atoms with Crippen molar-refractivity contribution in [3.63, 3.8) is 0 Å². The average molecular weight is 241 g/mol. The van der Waals surface area contributed by atoms with E-state index in [0.717, 1.165) is 19.6 Å². The van der Waals surface area contributed by atoms with Gasteiger partial charge in [0.2, 0.25) is 5.91 Å². The van der Waals surface area contributed by atoms with Crippen LogP contribution in [0.2, 0.25) is 0 Å². The third kappa shape index (κ3) is 4.64. The standard InChI is InChI=1S/C13H27N3O/c1-4-8-15-12-7-6-9-16(10-12)11(3)13(17)14-5-2/h11-12,15H,4-10H2,1-3H3,(H,14,17). The zero-order chi connectivity index (χ0) is 12.7. The van der Waals surface area contributed by atoms with Gasteiger partial charge in [-0.15, -0.1) is 0 Å². The molecule has 1 heterocycles. The van der Waals surface area contributed by atoms with E-state index < -0.39 is 0 Å². The van der Waals surface area contributed by atoms with Crippen molar-refractivity contribution < 1.29 is 4.79 Å². The summed E-state index contributed by atoms with van der Waals surface area (Å²) in [5, 5.41) is 6.45. The number of nitrogens with zero attached hydrogens (tertiary/aromatic N) is 1. The number of carbonyl (C=O) groups is 1. The quantitative estimate of drug-likeness (QED) is 0.728. The Kier molecular flexibility index (Phi) is 6.52. The molecule has 0 aromatic heterocycles. The Morgan fingerprint density at radius 3 is 2.88 bits per heavy atom. The molecule has 0 spiro atoms. The Bertz CT molecular complexity index is 233. The molecule has 2 unspecified atom stereocenters. The van der Waals surface area contributed by atoms with Crippen LogP contribution in [0.3, 0.4) is 0 Å². The average Bonchev–Trinajstić information content (AvgIpc) is 2.36. The molecular formula is C13H27N3O. The number of nitrogens with one attached hydrogen (secondary N) is 2. The summed E-state index contributed by atoms with van der Waals surface area (Å²) < 4.78 is 0. The molecule has 4 nitrogen and oxygen atoms in total. The molecule has 17 heavy (non-hydrogen) atoms. The Hall–Kier alpha value is -0.610. The SMILES string of the molecule is CCCNC1CCCN(C(C)C(=O)NCC)C1. The third-order valence-corrected chi connectivity index (χ3v) is 3.41. The maximum absolute atomic E-state index is 11.8. The van der Waals surface area contributed by atoms with Crippen LogP contribution in [0.15, 0.2) is 0 Å². The molecule has 0 radical (unpaired) electrons. The fourth-order valence-electron chi connectivity index (χ4n) is 2.36. The highest BCUT2D eigenvalue weighted by molar-refractivity contribution is 5.81. The van der Waals surface area contributed by atoms with Gasteiger partial charge >= 0.3 is 0 Å². The van der Waals surface area contributed by atoms with Gasteiger partial charge in [0.05, 0.1) is 6.04 Å². The number of likely N-dealkylation sites (tertiary alicyclic amines) is 1. The van der Waals surface area contributed by atoms with Crippen LogP contribution < -0.4 is 10.6 Å². The smallest absolute Gasteiger partial charge is 0.237 e. The first-order chi connectivity index (χ1) is 8.19. The lowest BCUT2D eigenvalue weighted by Crippen LogP contribution is -2.53. The van der Waals surface area contributed by atoms with Gasteiger partial charge < -0.3 is 10.6 Å². The molecule has 1 fully saturated rings. The Morgan fingerprint density at radius 1 is 1.47 bits per heavy atom. The lowest BCUT2D eigenvalue weighted by atomic mass is 10.0. The highest BCUT2D eigenvalue weighted by Crippen LogP contribution is 2.13. The van der Waals surface area contributed by atoms with Crippen molar-refractivity contribution in [2.24, 2.45) is 0 Å². The molecule has 0 bridgehead atoms. The molecule has 1 rings (SSSR count). The summed E-state index contributed by atoms with van der Waals surface area (Å²) in [6, 6.07) is 0.557. The molecule has 0 aromatic carbocycles. The van der Waals surface area contributed by atoms with Crippen molar-refractivity contribution in [1.29, 1.82) is 0 Å². The second-order valence-electron chi connectivity index (χ2n) is 4.86. The number of amides is 1. The minimum Gasteiger partial charge on any atom is -0.355 e. The second kappa shape index (κ2) is 7.67. The Labute approximate surface area is 105 Å². The van der Waals surface area contributed by atoms with Crippen LogP contribution in [0.5, 0.6) is 0 Å². The largest absolute Gasteiger partial charge is 0.355 e. The molecule has 100 valence electrons. The summed E-state index contributed by atoms with van der Waals surface area (Å²) in [6.07, 6.45) is 3.59. The molecule has 2 N–H and O–H groups in total. The number of hydrogen-bond donors (Lipinski definition) is 2. The molecule has 1 aliphatic heterocycles. The van der Waals surface area contributed by atoms with Crippen molar-refractivity contribution in [2.75, 3.05) is 26.2 Å². The highest BCUT2D eigenvalue weighted by atomic mass is 16.2. The van der Waals surface area contributed by atoms with Gasteiger partial charge in [-0.1, -0.05) is 6.92 Å². The summed E-state index contributed by atoms with van der Waals surface area (Å²) in [6.45, 7) is 9.99. The fraction of sp³-hybridized carbons (Fsp3) is 0.923. The Balaban J connectivity index is 2.39. The van der Waals surface area contributed by atoms with Gasteiger partial charge in [-0.3, -0.25) is 9.69 Å². The normalized spacial score (nSPS) is 23.4. The lowest BCUT2D eigenvalue weighted by molar-refractivity contribution is -0.126. The maximum Gasteiger partial charge on any atom is 0.237 e. The molecule has 0 aromatic rings. The lowest BCUT2D eigenvalue weighted by Gasteiger charge is -2.36. The van der Waals surface area contributed by atoms with E-state index in [4.69, 9.17) is 0 Å². The van der Waals surface area contributed by atoms with Gasteiger partial charge in [0, 0.05) is 19.1 Å². The molecule has 2 atom stereocenters. The van der Waals surface area contributed by atoms with Gasteiger partial charge in [0.1, 0.15) is 0 Å². The van der Waals surface area contributed by atoms with Crippen LogP contribution in [0.25, 0.3) is 0 Å². The third-order valence-electron chi connectivity index (χ3n) is 3.41. The van der Waals surface area contributed by atoms with E-state index >= 15 is 0 Å². The number of carbonyl (C=O) groups excluding carboxylic acids is 1.